The van der Waals surface area contributed by atoms with Crippen LogP contribution in [0.25, 0.3) is 0 Å². The molecule has 1 aliphatic carbocycles. The monoisotopic (exact) mass is 416 g/mol. The molecule has 4 rings (SSSR count). The standard InChI is InChI=1S/C20H20N2O6S/c1-10-2-4-12-15(6-10)29-19(17(12)18(21)24)22-16(23)8-26-20(25)11-3-5-13-14(7-11)28-9-27-13/h3,5,7,10H,2,4,6,8-9H2,1H3,(H2,21,24)(H,22,23)/t10-/m1/s1. The number of nitrogens with one attached hydrogen (secondary N) is 1. The normalized spacial score (nSPS) is 16.8. The molecule has 0 unspecified atom stereocenters. The SMILES string of the molecule is C[C@@H]1CCc2c(sc(NC(=O)COC(=O)c3ccc4c(c3)OCO4)c2C(N)=O)C1. The molecule has 0 spiro atoms. The number of hydrogen-bond donors (Lipinski definition) is 2. The van der Waals surface area contributed by atoms with Crippen molar-refractivity contribution < 1.29 is 28.6 Å². The van der Waals surface area contributed by atoms with E-state index >= 15 is 0 Å². The fraction of sp³-hybridized carbons (Fsp3) is 0.350. The van der Waals surface area contributed by atoms with Crippen LogP contribution in [0.3, 0.4) is 0 Å². The summed E-state index contributed by atoms with van der Waals surface area (Å²) in [6, 6.07) is 4.64. The van der Waals surface area contributed by atoms with Crippen LogP contribution in [0.1, 0.15) is 44.5 Å². The largest absolute Gasteiger partial charge is 0.454 e. The number of esters is 1. The van der Waals surface area contributed by atoms with E-state index in [4.69, 9.17) is 19.9 Å². The molecule has 2 aliphatic rings. The Kier molecular flexibility index (Phi) is 5.14. The number of anilines is 1. The minimum absolute atomic E-state index is 0.0992. The number of primary amides is 1. The molecule has 8 nitrogen and oxygen atoms in total. The number of hydrogen-bond acceptors (Lipinski definition) is 7. The van der Waals surface area contributed by atoms with Crippen molar-refractivity contribution in [3.05, 3.63) is 39.8 Å². The van der Waals surface area contributed by atoms with Crippen molar-refractivity contribution in [1.29, 1.82) is 0 Å². The average molecular weight is 416 g/mol. The summed E-state index contributed by atoms with van der Waals surface area (Å²) in [5, 5.41) is 3.09. The van der Waals surface area contributed by atoms with Gasteiger partial charge in [-0.25, -0.2) is 4.79 Å². The summed E-state index contributed by atoms with van der Waals surface area (Å²) in [4.78, 5) is 37.5. The quantitative estimate of drug-likeness (QED) is 0.724. The van der Waals surface area contributed by atoms with Gasteiger partial charge in [-0.05, 0) is 48.9 Å². The molecule has 0 saturated carbocycles. The van der Waals surface area contributed by atoms with Gasteiger partial charge in [0.25, 0.3) is 11.8 Å². The van der Waals surface area contributed by atoms with Crippen molar-refractivity contribution >= 4 is 34.1 Å². The average Bonchev–Trinajstić information content (AvgIpc) is 3.28. The highest BCUT2D eigenvalue weighted by Crippen LogP contribution is 2.39. The lowest BCUT2D eigenvalue weighted by atomic mass is 9.88. The number of thiophene rings is 1. The number of benzene rings is 1. The van der Waals surface area contributed by atoms with E-state index in [0.717, 1.165) is 29.7 Å². The second-order valence-corrected chi connectivity index (χ2v) is 8.22. The number of nitrogens with two attached hydrogens (primary N) is 1. The molecule has 3 N–H and O–H groups in total. The third kappa shape index (κ3) is 3.91. The van der Waals surface area contributed by atoms with E-state index in [1.165, 1.54) is 23.5 Å². The van der Waals surface area contributed by atoms with E-state index in [-0.39, 0.29) is 12.4 Å². The predicted octanol–water partition coefficient (Wildman–Crippen LogP) is 2.50. The molecule has 0 saturated heterocycles. The molecule has 152 valence electrons. The van der Waals surface area contributed by atoms with Gasteiger partial charge >= 0.3 is 5.97 Å². The highest BCUT2D eigenvalue weighted by molar-refractivity contribution is 7.17. The van der Waals surface area contributed by atoms with Gasteiger partial charge in [-0.3, -0.25) is 9.59 Å². The molecule has 1 aromatic heterocycles. The number of rotatable bonds is 5. The van der Waals surface area contributed by atoms with Gasteiger partial charge < -0.3 is 25.3 Å². The van der Waals surface area contributed by atoms with Gasteiger partial charge in [-0.15, -0.1) is 11.3 Å². The Morgan fingerprint density at radius 2 is 2.07 bits per heavy atom. The first-order valence-corrected chi connectivity index (χ1v) is 10.0. The van der Waals surface area contributed by atoms with Gasteiger partial charge in [0.1, 0.15) is 5.00 Å². The first kappa shape index (κ1) is 19.3. The Bertz CT molecular complexity index is 999. The number of fused-ring (bicyclic) bond motifs is 2. The third-order valence-electron chi connectivity index (χ3n) is 4.95. The van der Waals surface area contributed by atoms with Gasteiger partial charge in [0.2, 0.25) is 6.79 Å². The van der Waals surface area contributed by atoms with Crippen molar-refractivity contribution in [2.24, 2.45) is 11.7 Å². The van der Waals surface area contributed by atoms with Crippen LogP contribution in [0.15, 0.2) is 18.2 Å². The molecule has 1 aromatic carbocycles. The highest BCUT2D eigenvalue weighted by atomic mass is 32.1. The van der Waals surface area contributed by atoms with Gasteiger partial charge in [0.15, 0.2) is 18.1 Å². The van der Waals surface area contributed by atoms with Crippen LogP contribution in [-0.2, 0) is 22.4 Å². The summed E-state index contributed by atoms with van der Waals surface area (Å²) in [6.07, 6.45) is 2.60. The molecule has 9 heteroatoms. The van der Waals surface area contributed by atoms with Crippen molar-refractivity contribution in [2.45, 2.75) is 26.2 Å². The Morgan fingerprint density at radius 1 is 1.28 bits per heavy atom. The van der Waals surface area contributed by atoms with Crippen molar-refractivity contribution in [3.63, 3.8) is 0 Å². The molecule has 2 amide bonds. The zero-order chi connectivity index (χ0) is 20.5. The van der Waals surface area contributed by atoms with Crippen molar-refractivity contribution in [1.82, 2.24) is 0 Å². The van der Waals surface area contributed by atoms with Gasteiger partial charge in [0, 0.05) is 4.88 Å². The summed E-state index contributed by atoms with van der Waals surface area (Å²) >= 11 is 1.36. The number of ether oxygens (including phenoxy) is 3. The number of carbonyl (C=O) groups excluding carboxylic acids is 3. The second kappa shape index (κ2) is 7.75. The van der Waals surface area contributed by atoms with Crippen LogP contribution in [0, 0.1) is 5.92 Å². The fourth-order valence-electron chi connectivity index (χ4n) is 3.50. The smallest absolute Gasteiger partial charge is 0.338 e. The molecule has 1 aliphatic heterocycles. The zero-order valence-electron chi connectivity index (χ0n) is 15.8. The molecule has 2 heterocycles. The molecule has 29 heavy (non-hydrogen) atoms. The Morgan fingerprint density at radius 3 is 2.86 bits per heavy atom. The van der Waals surface area contributed by atoms with Crippen LogP contribution in [0.5, 0.6) is 11.5 Å². The molecular weight excluding hydrogens is 396 g/mol. The van der Waals surface area contributed by atoms with E-state index in [1.807, 2.05) is 0 Å². The zero-order valence-corrected chi connectivity index (χ0v) is 16.6. The number of amides is 2. The van der Waals surface area contributed by atoms with Gasteiger partial charge in [0.05, 0.1) is 11.1 Å². The summed E-state index contributed by atoms with van der Waals surface area (Å²) in [5.74, 6) is -0.235. The van der Waals surface area contributed by atoms with Gasteiger partial charge in [-0.1, -0.05) is 6.92 Å². The lowest BCUT2D eigenvalue weighted by Crippen LogP contribution is -2.23. The van der Waals surface area contributed by atoms with E-state index in [0.29, 0.717) is 28.0 Å². The van der Waals surface area contributed by atoms with Crippen LogP contribution in [-0.4, -0.2) is 31.2 Å². The molecule has 0 radical (unpaired) electrons. The molecule has 0 fully saturated rings. The summed E-state index contributed by atoms with van der Waals surface area (Å²) < 4.78 is 15.5. The Hall–Kier alpha value is -3.07. The van der Waals surface area contributed by atoms with Crippen LogP contribution >= 0.6 is 11.3 Å². The van der Waals surface area contributed by atoms with Gasteiger partial charge in [-0.2, -0.15) is 0 Å². The first-order valence-electron chi connectivity index (χ1n) is 9.23. The van der Waals surface area contributed by atoms with E-state index < -0.39 is 24.4 Å². The maximum absolute atomic E-state index is 12.3. The maximum atomic E-state index is 12.3. The van der Waals surface area contributed by atoms with Crippen molar-refractivity contribution in [2.75, 3.05) is 18.7 Å². The van der Waals surface area contributed by atoms with E-state index in [1.54, 1.807) is 6.07 Å². The second-order valence-electron chi connectivity index (χ2n) is 7.11. The third-order valence-corrected chi connectivity index (χ3v) is 6.12. The summed E-state index contributed by atoms with van der Waals surface area (Å²) in [5.41, 5.74) is 7.09. The van der Waals surface area contributed by atoms with Crippen LogP contribution in [0.4, 0.5) is 5.00 Å². The number of carbonyl (C=O) groups is 3. The topological polar surface area (TPSA) is 117 Å². The summed E-state index contributed by atoms with van der Waals surface area (Å²) in [7, 11) is 0. The lowest BCUT2D eigenvalue weighted by molar-refractivity contribution is -0.119. The molecule has 2 aromatic rings. The van der Waals surface area contributed by atoms with Crippen LogP contribution in [0.2, 0.25) is 0 Å². The molecule has 1 atom stereocenters. The molecular formula is C20H20N2O6S. The Labute approximate surface area is 170 Å². The fourth-order valence-corrected chi connectivity index (χ4v) is 4.93. The summed E-state index contributed by atoms with van der Waals surface area (Å²) in [6.45, 7) is 1.77. The minimum Gasteiger partial charge on any atom is -0.454 e. The van der Waals surface area contributed by atoms with Crippen molar-refractivity contribution in [3.8, 4) is 11.5 Å². The minimum atomic E-state index is -0.659. The Balaban J connectivity index is 1.41. The van der Waals surface area contributed by atoms with E-state index in [9.17, 15) is 14.4 Å². The first-order chi connectivity index (χ1) is 13.9. The highest BCUT2D eigenvalue weighted by Gasteiger charge is 2.27. The maximum Gasteiger partial charge on any atom is 0.338 e. The lowest BCUT2D eigenvalue weighted by Gasteiger charge is -2.18. The molecule has 0 bridgehead atoms. The van der Waals surface area contributed by atoms with E-state index in [2.05, 4.69) is 12.2 Å². The van der Waals surface area contributed by atoms with Crippen LogP contribution < -0.4 is 20.5 Å². The predicted molar refractivity (Wildman–Crippen MR) is 106 cm³/mol.